The molecular weight excluding hydrogens is 338 g/mol. The number of nitrogens with zero attached hydrogens (tertiary/aromatic N) is 5. The Hall–Kier alpha value is -3.15. The number of amides is 1. The van der Waals surface area contributed by atoms with Gasteiger partial charge in [0, 0.05) is 38.6 Å². The lowest BCUT2D eigenvalue weighted by Crippen LogP contribution is -2.49. The quantitative estimate of drug-likeness (QED) is 0.720. The third kappa shape index (κ3) is 3.56. The molecule has 0 unspecified atom stereocenters. The van der Waals surface area contributed by atoms with Crippen molar-refractivity contribution >= 4 is 11.7 Å². The second-order valence-electron chi connectivity index (χ2n) is 6.88. The van der Waals surface area contributed by atoms with Crippen molar-refractivity contribution in [1.29, 1.82) is 0 Å². The summed E-state index contributed by atoms with van der Waals surface area (Å²) in [7, 11) is 0. The molecule has 3 aromatic rings. The maximum atomic E-state index is 13.0. The molecule has 0 aliphatic carbocycles. The number of pyridine rings is 1. The number of carbonyl (C=O) groups excluding carboxylic acids is 1. The van der Waals surface area contributed by atoms with E-state index >= 15 is 0 Å². The molecule has 27 heavy (non-hydrogen) atoms. The van der Waals surface area contributed by atoms with Gasteiger partial charge in [-0.2, -0.15) is 5.10 Å². The van der Waals surface area contributed by atoms with Crippen molar-refractivity contribution < 1.29 is 4.79 Å². The highest BCUT2D eigenvalue weighted by Crippen LogP contribution is 2.18. The molecule has 0 saturated carbocycles. The van der Waals surface area contributed by atoms with Crippen LogP contribution in [0.25, 0.3) is 5.69 Å². The maximum Gasteiger partial charge on any atom is 0.257 e. The number of carbonyl (C=O) groups is 1. The number of rotatable bonds is 3. The molecule has 1 aliphatic rings. The normalized spacial score (nSPS) is 14.4. The minimum absolute atomic E-state index is 0.0477. The fourth-order valence-electron chi connectivity index (χ4n) is 3.39. The van der Waals surface area contributed by atoms with Crippen molar-refractivity contribution in [2.75, 3.05) is 31.1 Å². The first-order chi connectivity index (χ1) is 13.1. The molecule has 1 aromatic carbocycles. The van der Waals surface area contributed by atoms with Crippen molar-refractivity contribution in [1.82, 2.24) is 19.7 Å². The molecule has 1 amide bonds. The Morgan fingerprint density at radius 3 is 2.44 bits per heavy atom. The van der Waals surface area contributed by atoms with Crippen LogP contribution in [0.15, 0.2) is 54.9 Å². The molecule has 1 saturated heterocycles. The van der Waals surface area contributed by atoms with Gasteiger partial charge in [-0.3, -0.25) is 4.79 Å². The molecular formula is C21H23N5O. The van der Waals surface area contributed by atoms with Gasteiger partial charge in [0.15, 0.2) is 0 Å². The first-order valence-corrected chi connectivity index (χ1v) is 9.20. The summed E-state index contributed by atoms with van der Waals surface area (Å²) in [6.07, 6.45) is 3.67. The molecule has 0 radical (unpaired) electrons. The summed E-state index contributed by atoms with van der Waals surface area (Å²) >= 11 is 0. The SMILES string of the molecule is Cc1ccnc(N2CCN(C(=O)c3cn(-c4ccccc4)nc3C)CC2)c1. The fourth-order valence-corrected chi connectivity index (χ4v) is 3.39. The Labute approximate surface area is 159 Å². The number of aryl methyl sites for hydroxylation is 2. The minimum atomic E-state index is 0.0477. The van der Waals surface area contributed by atoms with Gasteiger partial charge in [-0.25, -0.2) is 9.67 Å². The van der Waals surface area contributed by atoms with Crippen molar-refractivity contribution in [3.8, 4) is 5.69 Å². The van der Waals surface area contributed by atoms with Crippen LogP contribution in [-0.4, -0.2) is 51.8 Å². The maximum absolute atomic E-state index is 13.0. The predicted molar refractivity (Wildman–Crippen MR) is 105 cm³/mol. The molecule has 2 aromatic heterocycles. The third-order valence-corrected chi connectivity index (χ3v) is 4.94. The number of piperazine rings is 1. The molecule has 6 nitrogen and oxygen atoms in total. The molecule has 6 heteroatoms. The van der Waals surface area contributed by atoms with Crippen molar-refractivity contribution in [2.24, 2.45) is 0 Å². The highest BCUT2D eigenvalue weighted by atomic mass is 16.2. The van der Waals surface area contributed by atoms with Crippen LogP contribution in [0, 0.1) is 13.8 Å². The molecule has 0 bridgehead atoms. The topological polar surface area (TPSA) is 54.3 Å². The van der Waals surface area contributed by atoms with Gasteiger partial charge >= 0.3 is 0 Å². The lowest BCUT2D eigenvalue weighted by molar-refractivity contribution is 0.0746. The van der Waals surface area contributed by atoms with E-state index in [1.54, 1.807) is 4.68 Å². The van der Waals surface area contributed by atoms with Gasteiger partial charge in [-0.1, -0.05) is 18.2 Å². The molecule has 0 spiro atoms. The van der Waals surface area contributed by atoms with E-state index in [2.05, 4.69) is 28.0 Å². The summed E-state index contributed by atoms with van der Waals surface area (Å²) < 4.78 is 1.77. The Kier molecular flexibility index (Phi) is 4.62. The second-order valence-corrected chi connectivity index (χ2v) is 6.88. The van der Waals surface area contributed by atoms with Crippen molar-refractivity contribution in [3.05, 3.63) is 71.7 Å². The molecule has 0 N–H and O–H groups in total. The molecule has 1 fully saturated rings. The average Bonchev–Trinajstić information content (AvgIpc) is 3.10. The smallest absolute Gasteiger partial charge is 0.257 e. The van der Waals surface area contributed by atoms with E-state index in [0.29, 0.717) is 18.7 Å². The standard InChI is InChI=1S/C21H23N5O/c1-16-8-9-22-20(14-16)24-10-12-25(13-11-24)21(27)19-15-26(23-17(19)2)18-6-4-3-5-7-18/h3-9,14-15H,10-13H2,1-2H3. The lowest BCUT2D eigenvalue weighted by Gasteiger charge is -2.35. The zero-order valence-corrected chi connectivity index (χ0v) is 15.7. The van der Waals surface area contributed by atoms with Crippen LogP contribution < -0.4 is 4.90 Å². The van der Waals surface area contributed by atoms with E-state index in [9.17, 15) is 4.79 Å². The van der Waals surface area contributed by atoms with Crippen LogP contribution in [0.3, 0.4) is 0 Å². The van der Waals surface area contributed by atoms with Crippen molar-refractivity contribution in [2.45, 2.75) is 13.8 Å². The molecule has 4 rings (SSSR count). The first-order valence-electron chi connectivity index (χ1n) is 9.20. The number of hydrogen-bond acceptors (Lipinski definition) is 4. The summed E-state index contributed by atoms with van der Waals surface area (Å²) in [6, 6.07) is 13.9. The van der Waals surface area contributed by atoms with Gasteiger partial charge in [0.1, 0.15) is 5.82 Å². The number of hydrogen-bond donors (Lipinski definition) is 0. The van der Waals surface area contributed by atoms with E-state index in [1.807, 2.05) is 60.6 Å². The van der Waals surface area contributed by atoms with Gasteiger partial charge in [-0.15, -0.1) is 0 Å². The zero-order valence-electron chi connectivity index (χ0n) is 15.7. The van der Waals surface area contributed by atoms with E-state index in [0.717, 1.165) is 30.3 Å². The molecule has 1 aliphatic heterocycles. The number of para-hydroxylation sites is 1. The molecule has 0 atom stereocenters. The number of benzene rings is 1. The summed E-state index contributed by atoms with van der Waals surface area (Å²) in [6.45, 7) is 6.90. The lowest BCUT2D eigenvalue weighted by atomic mass is 10.2. The number of anilines is 1. The highest BCUT2D eigenvalue weighted by Gasteiger charge is 2.25. The predicted octanol–water partition coefficient (Wildman–Crippen LogP) is 2.85. The monoisotopic (exact) mass is 361 g/mol. The van der Waals surface area contributed by atoms with Crippen LogP contribution in [0.1, 0.15) is 21.6 Å². The summed E-state index contributed by atoms with van der Waals surface area (Å²) in [5, 5.41) is 4.52. The van der Waals surface area contributed by atoms with Crippen LogP contribution in [-0.2, 0) is 0 Å². The fraction of sp³-hybridized carbons (Fsp3) is 0.286. The Bertz CT molecular complexity index is 942. The first kappa shape index (κ1) is 17.3. The van der Waals surface area contributed by atoms with E-state index < -0.39 is 0 Å². The van der Waals surface area contributed by atoms with Gasteiger partial charge in [0.05, 0.1) is 16.9 Å². The van der Waals surface area contributed by atoms with E-state index in [4.69, 9.17) is 0 Å². The second kappa shape index (κ2) is 7.23. The summed E-state index contributed by atoms with van der Waals surface area (Å²) in [4.78, 5) is 21.6. The zero-order chi connectivity index (χ0) is 18.8. The highest BCUT2D eigenvalue weighted by molar-refractivity contribution is 5.95. The van der Waals surface area contributed by atoms with Gasteiger partial charge in [0.2, 0.25) is 0 Å². The van der Waals surface area contributed by atoms with E-state index in [1.165, 1.54) is 5.56 Å². The van der Waals surface area contributed by atoms with Crippen LogP contribution in [0.4, 0.5) is 5.82 Å². The Balaban J connectivity index is 1.46. The summed E-state index contributed by atoms with van der Waals surface area (Å²) in [5.41, 5.74) is 3.57. The van der Waals surface area contributed by atoms with Crippen LogP contribution in [0.2, 0.25) is 0 Å². The van der Waals surface area contributed by atoms with Crippen LogP contribution in [0.5, 0.6) is 0 Å². The van der Waals surface area contributed by atoms with Crippen LogP contribution >= 0.6 is 0 Å². The minimum Gasteiger partial charge on any atom is -0.353 e. The van der Waals surface area contributed by atoms with Gasteiger partial charge < -0.3 is 9.80 Å². The molecule has 138 valence electrons. The van der Waals surface area contributed by atoms with Gasteiger partial charge in [-0.05, 0) is 43.7 Å². The average molecular weight is 361 g/mol. The van der Waals surface area contributed by atoms with E-state index in [-0.39, 0.29) is 5.91 Å². The number of aromatic nitrogens is 3. The summed E-state index contributed by atoms with van der Waals surface area (Å²) in [5.74, 6) is 1.03. The Morgan fingerprint density at radius 1 is 1.00 bits per heavy atom. The Morgan fingerprint density at radius 2 is 1.74 bits per heavy atom. The largest absolute Gasteiger partial charge is 0.353 e. The molecule has 3 heterocycles. The van der Waals surface area contributed by atoms with Gasteiger partial charge in [0.25, 0.3) is 5.91 Å². The third-order valence-electron chi connectivity index (χ3n) is 4.94. The van der Waals surface area contributed by atoms with Crippen molar-refractivity contribution in [3.63, 3.8) is 0 Å².